The minimum Gasteiger partial charge on any atom is -0.383 e. The van der Waals surface area contributed by atoms with Gasteiger partial charge in [-0.25, -0.2) is 4.68 Å². The monoisotopic (exact) mass is 271 g/mol. The molecule has 0 spiro atoms. The lowest BCUT2D eigenvalue weighted by Gasteiger charge is -2.21. The van der Waals surface area contributed by atoms with Gasteiger partial charge in [0.2, 0.25) is 0 Å². The minimum atomic E-state index is 0.161. The number of hydrogen-bond donors (Lipinski definition) is 1. The number of methoxy groups -OCH3 is 1. The highest BCUT2D eigenvalue weighted by Gasteiger charge is 2.20. The van der Waals surface area contributed by atoms with Crippen molar-refractivity contribution >= 4 is 0 Å². The zero-order chi connectivity index (χ0) is 14.1. The third kappa shape index (κ3) is 5.22. The lowest BCUT2D eigenvalue weighted by atomic mass is 10.1. The van der Waals surface area contributed by atoms with Gasteiger partial charge in [-0.05, 0) is 23.3 Å². The molecule has 1 atom stereocenters. The Morgan fingerprint density at radius 3 is 2.79 bits per heavy atom. The Morgan fingerprint density at radius 1 is 1.37 bits per heavy atom. The summed E-state index contributed by atoms with van der Waals surface area (Å²) in [5, 5.41) is 15.2. The van der Waals surface area contributed by atoms with E-state index in [1.165, 1.54) is 0 Å². The molecule has 0 saturated carbocycles. The summed E-state index contributed by atoms with van der Waals surface area (Å²) in [6, 6.07) is 0.161. The topological polar surface area (TPSA) is 74.1 Å². The van der Waals surface area contributed by atoms with Crippen LogP contribution in [-0.4, -0.2) is 53.7 Å². The largest absolute Gasteiger partial charge is 0.383 e. The Morgan fingerprint density at radius 2 is 2.16 bits per heavy atom. The van der Waals surface area contributed by atoms with E-state index in [9.17, 15) is 0 Å². The zero-order valence-electron chi connectivity index (χ0n) is 12.3. The summed E-state index contributed by atoms with van der Waals surface area (Å²) in [7, 11) is 1.68. The van der Waals surface area contributed by atoms with Crippen LogP contribution in [0.15, 0.2) is 0 Å². The van der Waals surface area contributed by atoms with Gasteiger partial charge in [0.05, 0.1) is 25.8 Å². The van der Waals surface area contributed by atoms with E-state index in [-0.39, 0.29) is 6.04 Å². The van der Waals surface area contributed by atoms with Gasteiger partial charge >= 0.3 is 0 Å². The van der Waals surface area contributed by atoms with Crippen LogP contribution >= 0.6 is 0 Å². The molecule has 0 fully saturated rings. The normalized spacial score (nSPS) is 13.1. The molecule has 1 aromatic heterocycles. The standard InChI is InChI=1S/C12H25N5O2/c1-5-19-9-11(10(2)3)17-12(14-15-16-17)8-13-6-7-18-4/h10-11,13H,5-9H2,1-4H3. The first-order valence-electron chi connectivity index (χ1n) is 6.74. The van der Waals surface area contributed by atoms with Crippen molar-refractivity contribution in [3.63, 3.8) is 0 Å². The number of hydrogen-bond acceptors (Lipinski definition) is 6. The van der Waals surface area contributed by atoms with Gasteiger partial charge in [-0.1, -0.05) is 13.8 Å². The van der Waals surface area contributed by atoms with E-state index in [1.807, 2.05) is 11.6 Å². The lowest BCUT2D eigenvalue weighted by molar-refractivity contribution is 0.0890. The second-order valence-corrected chi connectivity index (χ2v) is 4.68. The van der Waals surface area contributed by atoms with Crippen LogP contribution in [0.5, 0.6) is 0 Å². The van der Waals surface area contributed by atoms with Crippen molar-refractivity contribution in [3.05, 3.63) is 5.82 Å². The van der Waals surface area contributed by atoms with Crippen LogP contribution in [0.1, 0.15) is 32.6 Å². The van der Waals surface area contributed by atoms with Gasteiger partial charge in [-0.15, -0.1) is 5.10 Å². The molecule has 1 heterocycles. The number of nitrogens with one attached hydrogen (secondary N) is 1. The third-order valence-electron chi connectivity index (χ3n) is 2.90. The van der Waals surface area contributed by atoms with Crippen molar-refractivity contribution in [2.75, 3.05) is 33.5 Å². The molecular weight excluding hydrogens is 246 g/mol. The summed E-state index contributed by atoms with van der Waals surface area (Å²) in [6.07, 6.45) is 0. The minimum absolute atomic E-state index is 0.161. The van der Waals surface area contributed by atoms with Crippen molar-refractivity contribution in [1.29, 1.82) is 0 Å². The van der Waals surface area contributed by atoms with E-state index in [2.05, 4.69) is 34.7 Å². The smallest absolute Gasteiger partial charge is 0.165 e. The van der Waals surface area contributed by atoms with Gasteiger partial charge in [-0.3, -0.25) is 0 Å². The first-order chi connectivity index (χ1) is 9.20. The van der Waals surface area contributed by atoms with Crippen molar-refractivity contribution in [1.82, 2.24) is 25.5 Å². The number of ether oxygens (including phenoxy) is 2. The van der Waals surface area contributed by atoms with Gasteiger partial charge in [0.1, 0.15) is 0 Å². The van der Waals surface area contributed by atoms with Gasteiger partial charge in [0.15, 0.2) is 5.82 Å². The average molecular weight is 271 g/mol. The highest BCUT2D eigenvalue weighted by molar-refractivity contribution is 4.85. The highest BCUT2D eigenvalue weighted by Crippen LogP contribution is 2.18. The maximum absolute atomic E-state index is 5.52. The van der Waals surface area contributed by atoms with Crippen LogP contribution in [0.4, 0.5) is 0 Å². The summed E-state index contributed by atoms with van der Waals surface area (Å²) >= 11 is 0. The number of aromatic nitrogens is 4. The molecule has 0 radical (unpaired) electrons. The fraction of sp³-hybridized carbons (Fsp3) is 0.917. The van der Waals surface area contributed by atoms with E-state index in [1.54, 1.807) is 7.11 Å². The molecular formula is C12H25N5O2. The van der Waals surface area contributed by atoms with Crippen LogP contribution in [0.25, 0.3) is 0 Å². The molecule has 1 N–H and O–H groups in total. The highest BCUT2D eigenvalue weighted by atomic mass is 16.5. The van der Waals surface area contributed by atoms with Crippen molar-refractivity contribution in [2.24, 2.45) is 5.92 Å². The van der Waals surface area contributed by atoms with E-state index in [0.29, 0.717) is 32.3 Å². The Labute approximate surface area is 114 Å². The Kier molecular flexibility index (Phi) is 7.54. The summed E-state index contributed by atoms with van der Waals surface area (Å²) in [4.78, 5) is 0. The molecule has 1 unspecified atom stereocenters. The molecule has 7 nitrogen and oxygen atoms in total. The summed E-state index contributed by atoms with van der Waals surface area (Å²) in [6.45, 7) is 9.70. The molecule has 0 aromatic carbocycles. The van der Waals surface area contributed by atoms with E-state index < -0.39 is 0 Å². The number of rotatable bonds is 10. The molecule has 110 valence electrons. The molecule has 0 aliphatic rings. The molecule has 0 aliphatic heterocycles. The fourth-order valence-electron chi connectivity index (χ4n) is 1.74. The second-order valence-electron chi connectivity index (χ2n) is 4.68. The predicted molar refractivity (Wildman–Crippen MR) is 71.8 cm³/mol. The molecule has 0 amide bonds. The van der Waals surface area contributed by atoms with Crippen LogP contribution in [0.3, 0.4) is 0 Å². The summed E-state index contributed by atoms with van der Waals surface area (Å²) in [5.41, 5.74) is 0. The Bertz CT molecular complexity index is 343. The first-order valence-corrected chi connectivity index (χ1v) is 6.74. The third-order valence-corrected chi connectivity index (χ3v) is 2.90. The predicted octanol–water partition coefficient (Wildman–Crippen LogP) is 0.643. The zero-order valence-corrected chi connectivity index (χ0v) is 12.3. The summed E-state index contributed by atoms with van der Waals surface area (Å²) in [5.74, 6) is 1.24. The van der Waals surface area contributed by atoms with E-state index >= 15 is 0 Å². The molecule has 19 heavy (non-hydrogen) atoms. The fourth-order valence-corrected chi connectivity index (χ4v) is 1.74. The summed E-state index contributed by atoms with van der Waals surface area (Å²) < 4.78 is 12.4. The van der Waals surface area contributed by atoms with Gasteiger partial charge in [0, 0.05) is 20.3 Å². The molecule has 7 heteroatoms. The molecule has 0 saturated heterocycles. The maximum Gasteiger partial charge on any atom is 0.165 e. The molecule has 1 rings (SSSR count). The van der Waals surface area contributed by atoms with Crippen LogP contribution in [0, 0.1) is 5.92 Å². The van der Waals surface area contributed by atoms with Crippen LogP contribution in [0.2, 0.25) is 0 Å². The van der Waals surface area contributed by atoms with Crippen molar-refractivity contribution in [2.45, 2.75) is 33.4 Å². The Hall–Kier alpha value is -1.05. The molecule has 1 aromatic rings. The van der Waals surface area contributed by atoms with Crippen LogP contribution in [-0.2, 0) is 16.0 Å². The second kappa shape index (κ2) is 8.95. The number of tetrazole rings is 1. The molecule has 0 aliphatic carbocycles. The van der Waals surface area contributed by atoms with Gasteiger partial charge in [0.25, 0.3) is 0 Å². The van der Waals surface area contributed by atoms with Crippen LogP contribution < -0.4 is 5.32 Å². The average Bonchev–Trinajstić information content (AvgIpc) is 2.83. The Balaban J connectivity index is 2.61. The first kappa shape index (κ1) is 16.0. The van der Waals surface area contributed by atoms with Gasteiger partial charge < -0.3 is 14.8 Å². The lowest BCUT2D eigenvalue weighted by Crippen LogP contribution is -2.27. The van der Waals surface area contributed by atoms with Crippen molar-refractivity contribution < 1.29 is 9.47 Å². The maximum atomic E-state index is 5.52. The van der Waals surface area contributed by atoms with E-state index in [4.69, 9.17) is 9.47 Å². The van der Waals surface area contributed by atoms with E-state index in [0.717, 1.165) is 12.4 Å². The van der Waals surface area contributed by atoms with Gasteiger partial charge in [-0.2, -0.15) is 0 Å². The number of nitrogens with zero attached hydrogens (tertiary/aromatic N) is 4. The quantitative estimate of drug-likeness (QED) is 0.630. The van der Waals surface area contributed by atoms with Crippen molar-refractivity contribution in [3.8, 4) is 0 Å². The SMILES string of the molecule is CCOCC(C(C)C)n1nnnc1CNCCOC. The molecule has 0 bridgehead atoms.